The van der Waals surface area contributed by atoms with Crippen LogP contribution in [0.3, 0.4) is 0 Å². The lowest BCUT2D eigenvalue weighted by atomic mass is 10.1. The van der Waals surface area contributed by atoms with Gasteiger partial charge in [-0.05, 0) is 24.8 Å². The van der Waals surface area contributed by atoms with Crippen molar-refractivity contribution in [3.05, 3.63) is 35.9 Å². The molecule has 1 aliphatic heterocycles. The van der Waals surface area contributed by atoms with Gasteiger partial charge in [-0.2, -0.15) is 11.8 Å². The predicted octanol–water partition coefficient (Wildman–Crippen LogP) is 2.66. The zero-order chi connectivity index (χ0) is 13.3. The lowest BCUT2D eigenvalue weighted by molar-refractivity contribution is 0.427. The van der Waals surface area contributed by atoms with Gasteiger partial charge >= 0.3 is 0 Å². The highest BCUT2D eigenvalue weighted by Gasteiger charge is 2.40. The van der Waals surface area contributed by atoms with Gasteiger partial charge in [0.2, 0.25) is 10.0 Å². The largest absolute Gasteiger partial charge is 0.217 e. The van der Waals surface area contributed by atoms with Crippen LogP contribution in [0.1, 0.15) is 30.1 Å². The normalized spacial score (nSPS) is 26.0. The Morgan fingerprint density at radius 3 is 2.47 bits per heavy atom. The minimum Gasteiger partial charge on any atom is -0.212 e. The number of benzene rings is 1. The van der Waals surface area contributed by atoms with Gasteiger partial charge in [0.25, 0.3) is 0 Å². The van der Waals surface area contributed by atoms with Gasteiger partial charge in [-0.25, -0.2) is 12.7 Å². The Labute approximate surface area is 119 Å². The summed E-state index contributed by atoms with van der Waals surface area (Å²) in [5.41, 5.74) is 1.32. The van der Waals surface area contributed by atoms with E-state index in [1.807, 2.05) is 17.8 Å². The van der Waals surface area contributed by atoms with Crippen molar-refractivity contribution in [3.8, 4) is 0 Å². The molecule has 0 N–H and O–H groups in total. The third kappa shape index (κ3) is 2.98. The third-order valence-corrected chi connectivity index (χ3v) is 7.50. The minimum atomic E-state index is -3.00. The van der Waals surface area contributed by atoms with Crippen LogP contribution in [0.2, 0.25) is 0 Å². The second-order valence-electron chi connectivity index (χ2n) is 5.20. The van der Waals surface area contributed by atoms with Gasteiger partial charge in [0, 0.05) is 24.1 Å². The molecule has 104 valence electrons. The fourth-order valence-electron chi connectivity index (χ4n) is 2.51. The monoisotopic (exact) mass is 297 g/mol. The number of hydrogen-bond donors (Lipinski definition) is 0. The lowest BCUT2D eigenvalue weighted by Crippen LogP contribution is -2.35. The highest BCUT2D eigenvalue weighted by atomic mass is 32.2. The van der Waals surface area contributed by atoms with E-state index in [-0.39, 0.29) is 5.25 Å². The Bertz CT molecular complexity index is 526. The first-order chi connectivity index (χ1) is 9.18. The van der Waals surface area contributed by atoms with Gasteiger partial charge in [0.15, 0.2) is 0 Å². The highest BCUT2D eigenvalue weighted by Crippen LogP contribution is 2.37. The van der Waals surface area contributed by atoms with Crippen molar-refractivity contribution in [2.24, 2.45) is 0 Å². The molecule has 0 spiro atoms. The number of hydrogen-bond acceptors (Lipinski definition) is 3. The first-order valence-electron chi connectivity index (χ1n) is 6.83. The Kier molecular flexibility index (Phi) is 3.87. The maximum absolute atomic E-state index is 12.3. The van der Waals surface area contributed by atoms with E-state index in [1.165, 1.54) is 5.56 Å². The average Bonchev–Trinajstić information content (AvgIpc) is 3.26. The topological polar surface area (TPSA) is 37.4 Å². The second kappa shape index (κ2) is 5.46. The molecule has 0 amide bonds. The molecule has 1 aromatic carbocycles. The van der Waals surface area contributed by atoms with E-state index in [4.69, 9.17) is 0 Å². The Balaban J connectivity index is 1.69. The molecule has 1 atom stereocenters. The Morgan fingerprint density at radius 2 is 1.79 bits per heavy atom. The van der Waals surface area contributed by atoms with E-state index in [1.54, 1.807) is 4.31 Å². The van der Waals surface area contributed by atoms with Crippen molar-refractivity contribution >= 4 is 21.8 Å². The van der Waals surface area contributed by atoms with Crippen LogP contribution in [0.25, 0.3) is 0 Å². The number of thioether (sulfide) groups is 1. The van der Waals surface area contributed by atoms with Crippen molar-refractivity contribution in [1.82, 2.24) is 4.31 Å². The molecule has 0 aromatic heterocycles. The molecule has 1 heterocycles. The maximum atomic E-state index is 12.3. The van der Waals surface area contributed by atoms with Gasteiger partial charge in [-0.3, -0.25) is 0 Å². The zero-order valence-corrected chi connectivity index (χ0v) is 12.5. The number of sulfonamides is 1. The molecular weight excluding hydrogens is 278 g/mol. The van der Waals surface area contributed by atoms with E-state index in [0.29, 0.717) is 18.3 Å². The highest BCUT2D eigenvalue weighted by molar-refractivity contribution is 7.99. The molecule has 1 saturated heterocycles. The summed E-state index contributed by atoms with van der Waals surface area (Å²) in [5.74, 6) is 0.894. The fraction of sp³-hybridized carbons (Fsp3) is 0.571. The summed E-state index contributed by atoms with van der Waals surface area (Å²) in [6.07, 6.45) is 2.63. The van der Waals surface area contributed by atoms with Crippen LogP contribution >= 0.6 is 11.8 Å². The second-order valence-corrected chi connectivity index (χ2v) is 8.73. The quantitative estimate of drug-likeness (QED) is 0.861. The van der Waals surface area contributed by atoms with Crippen LogP contribution in [-0.2, 0) is 10.0 Å². The fourth-order valence-corrected chi connectivity index (χ4v) is 5.72. The molecule has 19 heavy (non-hydrogen) atoms. The molecule has 0 radical (unpaired) electrons. The smallest absolute Gasteiger partial charge is 0.212 e. The molecule has 1 aliphatic carbocycles. The van der Waals surface area contributed by atoms with E-state index in [2.05, 4.69) is 24.3 Å². The Hall–Kier alpha value is -0.520. The molecule has 2 fully saturated rings. The SMILES string of the molecule is O=S(=O)(C1CC1)N1CCS[C@H](c2ccccc2)CC1. The first kappa shape index (κ1) is 13.5. The molecular formula is C14H19NO2S2. The van der Waals surface area contributed by atoms with Crippen LogP contribution in [-0.4, -0.2) is 36.8 Å². The van der Waals surface area contributed by atoms with Crippen molar-refractivity contribution in [2.75, 3.05) is 18.8 Å². The van der Waals surface area contributed by atoms with Crippen LogP contribution in [0.4, 0.5) is 0 Å². The molecule has 3 nitrogen and oxygen atoms in total. The van der Waals surface area contributed by atoms with E-state index < -0.39 is 10.0 Å². The van der Waals surface area contributed by atoms with E-state index in [0.717, 1.165) is 25.0 Å². The molecule has 2 aliphatic rings. The summed E-state index contributed by atoms with van der Waals surface area (Å²) in [6.45, 7) is 1.35. The molecule has 0 bridgehead atoms. The van der Waals surface area contributed by atoms with Crippen LogP contribution < -0.4 is 0 Å². The molecule has 0 unspecified atom stereocenters. The third-order valence-electron chi connectivity index (χ3n) is 3.78. The summed E-state index contributed by atoms with van der Waals surface area (Å²) in [4.78, 5) is 0. The summed E-state index contributed by atoms with van der Waals surface area (Å²) in [5, 5.41) is 0.353. The van der Waals surface area contributed by atoms with Crippen LogP contribution in [0, 0.1) is 0 Å². The van der Waals surface area contributed by atoms with Crippen LogP contribution in [0.15, 0.2) is 30.3 Å². The van der Waals surface area contributed by atoms with Crippen molar-refractivity contribution in [1.29, 1.82) is 0 Å². The van der Waals surface area contributed by atoms with Crippen LogP contribution in [0.5, 0.6) is 0 Å². The van der Waals surface area contributed by atoms with Gasteiger partial charge in [0.1, 0.15) is 0 Å². The van der Waals surface area contributed by atoms with Gasteiger partial charge < -0.3 is 0 Å². The zero-order valence-electron chi connectivity index (χ0n) is 10.9. The summed E-state index contributed by atoms with van der Waals surface area (Å²) < 4.78 is 26.2. The predicted molar refractivity (Wildman–Crippen MR) is 79.8 cm³/mol. The summed E-state index contributed by atoms with van der Waals surface area (Å²) >= 11 is 1.88. The van der Waals surface area contributed by atoms with Gasteiger partial charge in [-0.15, -0.1) is 0 Å². The first-order valence-corrected chi connectivity index (χ1v) is 9.38. The number of rotatable bonds is 3. The summed E-state index contributed by atoms with van der Waals surface area (Å²) in [7, 11) is -3.00. The van der Waals surface area contributed by atoms with Gasteiger partial charge in [-0.1, -0.05) is 30.3 Å². The van der Waals surface area contributed by atoms with E-state index >= 15 is 0 Å². The molecule has 3 rings (SSSR count). The molecule has 1 aromatic rings. The van der Waals surface area contributed by atoms with E-state index in [9.17, 15) is 8.42 Å². The lowest BCUT2D eigenvalue weighted by Gasteiger charge is -2.19. The van der Waals surface area contributed by atoms with Crippen molar-refractivity contribution in [2.45, 2.75) is 29.8 Å². The average molecular weight is 297 g/mol. The minimum absolute atomic E-state index is 0.0780. The molecule has 1 saturated carbocycles. The Morgan fingerprint density at radius 1 is 1.05 bits per heavy atom. The standard InChI is InChI=1S/C14H19NO2S2/c16-19(17,13-6-7-13)15-9-8-14(18-11-10-15)12-4-2-1-3-5-12/h1-5,13-14H,6-11H2/t14-/m0/s1. The number of nitrogens with zero attached hydrogens (tertiary/aromatic N) is 1. The van der Waals surface area contributed by atoms with Crippen molar-refractivity contribution in [3.63, 3.8) is 0 Å². The maximum Gasteiger partial charge on any atom is 0.217 e. The summed E-state index contributed by atoms with van der Waals surface area (Å²) in [6, 6.07) is 10.4. The van der Waals surface area contributed by atoms with Gasteiger partial charge in [0.05, 0.1) is 5.25 Å². The van der Waals surface area contributed by atoms with Crippen molar-refractivity contribution < 1.29 is 8.42 Å². The molecule has 5 heteroatoms.